The van der Waals surface area contributed by atoms with E-state index in [9.17, 15) is 0 Å². The summed E-state index contributed by atoms with van der Waals surface area (Å²) >= 11 is 0. The van der Waals surface area contributed by atoms with Crippen LogP contribution in [-0.4, -0.2) is 16.2 Å². The van der Waals surface area contributed by atoms with Gasteiger partial charge in [0.2, 0.25) is 12.3 Å². The number of nitrogens with one attached hydrogen (secondary N) is 1. The zero-order valence-corrected chi connectivity index (χ0v) is 11.9. The maximum absolute atomic E-state index is 5.26. The zero-order valence-electron chi connectivity index (χ0n) is 11.9. The Morgan fingerprint density at radius 1 is 1.30 bits per heavy atom. The fourth-order valence-electron chi connectivity index (χ4n) is 3.14. The lowest BCUT2D eigenvalue weighted by Crippen LogP contribution is -2.31. The number of hydrogen-bond donors (Lipinski definition) is 1. The van der Waals surface area contributed by atoms with Crippen LogP contribution in [0.4, 0.5) is 5.69 Å². The van der Waals surface area contributed by atoms with Crippen molar-refractivity contribution in [3.8, 4) is 11.5 Å². The molecule has 1 aromatic carbocycles. The number of hydrogen-bond acceptors (Lipinski definition) is 4. The molecule has 2 unspecified atom stereocenters. The molecule has 1 aromatic heterocycles. The van der Waals surface area contributed by atoms with Gasteiger partial charge < -0.3 is 9.73 Å². The summed E-state index contributed by atoms with van der Waals surface area (Å²) in [5.74, 6) is 1.36. The number of anilines is 1. The summed E-state index contributed by atoms with van der Waals surface area (Å²) in [5.41, 5.74) is 2.11. The van der Waals surface area contributed by atoms with Gasteiger partial charge in [0, 0.05) is 17.3 Å². The quantitative estimate of drug-likeness (QED) is 0.909. The molecule has 0 amide bonds. The van der Waals surface area contributed by atoms with Gasteiger partial charge in [-0.2, -0.15) is 0 Å². The van der Waals surface area contributed by atoms with Crippen LogP contribution in [-0.2, 0) is 0 Å². The van der Waals surface area contributed by atoms with E-state index in [2.05, 4.69) is 34.6 Å². The first-order valence-electron chi connectivity index (χ1n) is 7.50. The predicted molar refractivity (Wildman–Crippen MR) is 79.4 cm³/mol. The fourth-order valence-corrected chi connectivity index (χ4v) is 3.14. The fraction of sp³-hybridized carbons (Fsp3) is 0.500. The Morgan fingerprint density at radius 3 is 3.00 bits per heavy atom. The molecule has 1 N–H and O–H groups in total. The van der Waals surface area contributed by atoms with Crippen LogP contribution in [0, 0.1) is 5.92 Å². The lowest BCUT2D eigenvalue weighted by atomic mass is 9.83. The van der Waals surface area contributed by atoms with E-state index in [0.29, 0.717) is 11.9 Å². The van der Waals surface area contributed by atoms with E-state index in [1.165, 1.54) is 38.5 Å². The van der Waals surface area contributed by atoms with E-state index in [1.807, 2.05) is 12.1 Å². The number of benzene rings is 1. The van der Waals surface area contributed by atoms with Crippen LogP contribution in [0.1, 0.15) is 39.0 Å². The van der Waals surface area contributed by atoms with Gasteiger partial charge in [0.1, 0.15) is 0 Å². The van der Waals surface area contributed by atoms with Crippen LogP contribution in [0.15, 0.2) is 35.1 Å². The highest BCUT2D eigenvalue weighted by molar-refractivity contribution is 5.61. The van der Waals surface area contributed by atoms with Crippen molar-refractivity contribution in [2.24, 2.45) is 5.92 Å². The summed E-state index contributed by atoms with van der Waals surface area (Å²) in [6.07, 6.45) is 7.93. The van der Waals surface area contributed by atoms with E-state index >= 15 is 0 Å². The van der Waals surface area contributed by atoms with Gasteiger partial charge in [-0.25, -0.2) is 0 Å². The van der Waals surface area contributed by atoms with Gasteiger partial charge >= 0.3 is 0 Å². The lowest BCUT2D eigenvalue weighted by molar-refractivity contribution is 0.317. The van der Waals surface area contributed by atoms with E-state index in [-0.39, 0.29) is 0 Å². The topological polar surface area (TPSA) is 51.0 Å². The Morgan fingerprint density at radius 2 is 2.20 bits per heavy atom. The highest BCUT2D eigenvalue weighted by Gasteiger charge is 2.23. The molecular formula is C16H21N3O. The summed E-state index contributed by atoms with van der Waals surface area (Å²) in [6, 6.07) is 8.82. The van der Waals surface area contributed by atoms with Crippen molar-refractivity contribution in [2.75, 3.05) is 5.32 Å². The summed E-state index contributed by atoms with van der Waals surface area (Å²) < 4.78 is 5.26. The second kappa shape index (κ2) is 6.07. The van der Waals surface area contributed by atoms with Gasteiger partial charge in [-0.15, -0.1) is 10.2 Å². The van der Waals surface area contributed by atoms with Crippen molar-refractivity contribution in [1.82, 2.24) is 10.2 Å². The molecule has 1 fully saturated rings. The summed E-state index contributed by atoms with van der Waals surface area (Å²) in [7, 11) is 0. The monoisotopic (exact) mass is 271 g/mol. The van der Waals surface area contributed by atoms with Crippen molar-refractivity contribution in [3.63, 3.8) is 0 Å². The molecule has 0 bridgehead atoms. The molecule has 1 aliphatic carbocycles. The standard InChI is InChI=1S/C16H21N3O/c1-2-12-6-3-4-9-15(12)18-14-8-5-7-13(10-14)16-19-17-11-20-16/h5,7-8,10-12,15,18H,2-4,6,9H2,1H3. The summed E-state index contributed by atoms with van der Waals surface area (Å²) in [4.78, 5) is 0. The minimum Gasteiger partial charge on any atom is -0.423 e. The lowest BCUT2D eigenvalue weighted by Gasteiger charge is -2.32. The van der Waals surface area contributed by atoms with Crippen molar-refractivity contribution < 1.29 is 4.42 Å². The minimum atomic E-state index is 0.573. The smallest absolute Gasteiger partial charge is 0.247 e. The molecule has 1 saturated carbocycles. The van der Waals surface area contributed by atoms with Crippen molar-refractivity contribution in [1.29, 1.82) is 0 Å². The maximum atomic E-state index is 5.26. The molecule has 4 heteroatoms. The van der Waals surface area contributed by atoms with Crippen LogP contribution in [0.25, 0.3) is 11.5 Å². The van der Waals surface area contributed by atoms with Crippen molar-refractivity contribution >= 4 is 5.69 Å². The van der Waals surface area contributed by atoms with Crippen LogP contribution >= 0.6 is 0 Å². The van der Waals surface area contributed by atoms with Crippen LogP contribution < -0.4 is 5.32 Å². The average molecular weight is 271 g/mol. The first-order chi connectivity index (χ1) is 9.86. The molecule has 4 nitrogen and oxygen atoms in total. The normalized spacial score (nSPS) is 22.6. The Labute approximate surface area is 119 Å². The van der Waals surface area contributed by atoms with E-state index in [4.69, 9.17) is 4.42 Å². The molecule has 3 rings (SSSR count). The van der Waals surface area contributed by atoms with Gasteiger partial charge in [0.05, 0.1) is 0 Å². The largest absolute Gasteiger partial charge is 0.423 e. The second-order valence-electron chi connectivity index (χ2n) is 5.53. The molecule has 0 spiro atoms. The number of rotatable bonds is 4. The van der Waals surface area contributed by atoms with E-state index in [1.54, 1.807) is 0 Å². The number of nitrogens with zero attached hydrogens (tertiary/aromatic N) is 2. The molecule has 1 heterocycles. The summed E-state index contributed by atoms with van der Waals surface area (Å²) in [5, 5.41) is 11.4. The third kappa shape index (κ3) is 2.84. The van der Waals surface area contributed by atoms with E-state index in [0.717, 1.165) is 17.2 Å². The van der Waals surface area contributed by atoms with Crippen LogP contribution in [0.2, 0.25) is 0 Å². The van der Waals surface area contributed by atoms with Gasteiger partial charge in [0.15, 0.2) is 0 Å². The Hall–Kier alpha value is -1.84. The highest BCUT2D eigenvalue weighted by Crippen LogP contribution is 2.30. The zero-order chi connectivity index (χ0) is 13.8. The van der Waals surface area contributed by atoms with Crippen LogP contribution in [0.3, 0.4) is 0 Å². The second-order valence-corrected chi connectivity index (χ2v) is 5.53. The minimum absolute atomic E-state index is 0.573. The molecular weight excluding hydrogens is 250 g/mol. The third-order valence-electron chi connectivity index (χ3n) is 4.26. The molecule has 106 valence electrons. The Bertz CT molecular complexity index is 538. The first-order valence-corrected chi connectivity index (χ1v) is 7.50. The molecule has 0 aliphatic heterocycles. The SMILES string of the molecule is CCC1CCCCC1Nc1cccc(-c2nnco2)c1. The highest BCUT2D eigenvalue weighted by atomic mass is 16.4. The first kappa shape index (κ1) is 13.2. The Balaban J connectivity index is 1.75. The predicted octanol–water partition coefficient (Wildman–Crippen LogP) is 4.12. The molecule has 20 heavy (non-hydrogen) atoms. The molecule has 2 atom stereocenters. The molecule has 1 aliphatic rings. The molecule has 2 aromatic rings. The van der Waals surface area contributed by atoms with Gasteiger partial charge in [-0.3, -0.25) is 0 Å². The van der Waals surface area contributed by atoms with Gasteiger partial charge in [-0.1, -0.05) is 32.3 Å². The van der Waals surface area contributed by atoms with Crippen molar-refractivity contribution in [2.45, 2.75) is 45.1 Å². The number of aromatic nitrogens is 2. The van der Waals surface area contributed by atoms with Crippen molar-refractivity contribution in [3.05, 3.63) is 30.7 Å². The Kier molecular flexibility index (Phi) is 4.00. The molecule has 0 saturated heterocycles. The maximum Gasteiger partial charge on any atom is 0.247 e. The van der Waals surface area contributed by atoms with Gasteiger partial charge in [-0.05, 0) is 37.0 Å². The van der Waals surface area contributed by atoms with Gasteiger partial charge in [0.25, 0.3) is 0 Å². The van der Waals surface area contributed by atoms with Crippen LogP contribution in [0.5, 0.6) is 0 Å². The third-order valence-corrected chi connectivity index (χ3v) is 4.26. The van der Waals surface area contributed by atoms with E-state index < -0.39 is 0 Å². The molecule has 0 radical (unpaired) electrons. The summed E-state index contributed by atoms with van der Waals surface area (Å²) in [6.45, 7) is 2.29. The average Bonchev–Trinajstić information content (AvgIpc) is 3.02.